The van der Waals surface area contributed by atoms with Gasteiger partial charge in [-0.05, 0) is 57.9 Å². The minimum absolute atomic E-state index is 0.528. The molecule has 1 aliphatic heterocycles. The molecule has 19 heavy (non-hydrogen) atoms. The van der Waals surface area contributed by atoms with Gasteiger partial charge in [-0.25, -0.2) is 0 Å². The van der Waals surface area contributed by atoms with E-state index in [1.807, 2.05) is 6.20 Å². The molecule has 0 radical (unpaired) electrons. The number of rotatable bonds is 6. The van der Waals surface area contributed by atoms with Crippen molar-refractivity contribution in [1.82, 2.24) is 20.0 Å². The Bertz CT molecular complexity index is 372. The Hall–Kier alpha value is -0.870. The fourth-order valence-electron chi connectivity index (χ4n) is 3.40. The van der Waals surface area contributed by atoms with Crippen LogP contribution in [0.3, 0.4) is 0 Å². The second-order valence-corrected chi connectivity index (χ2v) is 5.51. The predicted molar refractivity (Wildman–Crippen MR) is 79.2 cm³/mol. The van der Waals surface area contributed by atoms with Crippen molar-refractivity contribution in [3.8, 4) is 0 Å². The van der Waals surface area contributed by atoms with Gasteiger partial charge in [0.2, 0.25) is 0 Å². The van der Waals surface area contributed by atoms with Gasteiger partial charge in [0.15, 0.2) is 0 Å². The molecule has 0 amide bonds. The van der Waals surface area contributed by atoms with Crippen molar-refractivity contribution >= 4 is 0 Å². The first kappa shape index (κ1) is 14.5. The molecule has 4 nitrogen and oxygen atoms in total. The van der Waals surface area contributed by atoms with Crippen LogP contribution in [0.4, 0.5) is 0 Å². The summed E-state index contributed by atoms with van der Waals surface area (Å²) in [5.74, 6) is 0.700. The molecule has 2 unspecified atom stereocenters. The SMILES string of the molecule is CCCn1nccc1C1C(CNC)CCCN1CC. The number of aryl methyl sites for hydroxylation is 1. The second kappa shape index (κ2) is 7.06. The lowest BCUT2D eigenvalue weighted by molar-refractivity contribution is 0.0912. The van der Waals surface area contributed by atoms with Crippen LogP contribution in [-0.2, 0) is 6.54 Å². The molecular formula is C15H28N4. The molecular weight excluding hydrogens is 236 g/mol. The van der Waals surface area contributed by atoms with Crippen LogP contribution in [0.15, 0.2) is 12.3 Å². The summed E-state index contributed by atoms with van der Waals surface area (Å²) in [5.41, 5.74) is 1.41. The van der Waals surface area contributed by atoms with Crippen LogP contribution < -0.4 is 5.32 Å². The van der Waals surface area contributed by atoms with Gasteiger partial charge in [0.1, 0.15) is 0 Å². The fourth-order valence-corrected chi connectivity index (χ4v) is 3.40. The number of likely N-dealkylation sites (tertiary alicyclic amines) is 1. The van der Waals surface area contributed by atoms with Crippen molar-refractivity contribution in [2.24, 2.45) is 5.92 Å². The summed E-state index contributed by atoms with van der Waals surface area (Å²) in [6.07, 6.45) is 5.74. The quantitative estimate of drug-likeness (QED) is 0.856. The van der Waals surface area contributed by atoms with Crippen molar-refractivity contribution in [3.63, 3.8) is 0 Å². The minimum Gasteiger partial charge on any atom is -0.319 e. The summed E-state index contributed by atoms with van der Waals surface area (Å²) in [6.45, 7) is 8.96. The Balaban J connectivity index is 2.25. The normalized spacial score (nSPS) is 24.8. The largest absolute Gasteiger partial charge is 0.319 e. The highest BCUT2D eigenvalue weighted by molar-refractivity contribution is 5.10. The van der Waals surface area contributed by atoms with E-state index >= 15 is 0 Å². The van der Waals surface area contributed by atoms with Crippen molar-refractivity contribution in [3.05, 3.63) is 18.0 Å². The lowest BCUT2D eigenvalue weighted by atomic mass is 9.87. The van der Waals surface area contributed by atoms with Crippen molar-refractivity contribution < 1.29 is 0 Å². The van der Waals surface area contributed by atoms with Gasteiger partial charge in [-0.3, -0.25) is 9.58 Å². The summed E-state index contributed by atoms with van der Waals surface area (Å²) in [7, 11) is 2.06. The third-order valence-corrected chi connectivity index (χ3v) is 4.22. The highest BCUT2D eigenvalue weighted by Gasteiger charge is 2.33. The summed E-state index contributed by atoms with van der Waals surface area (Å²) in [6, 6.07) is 2.75. The van der Waals surface area contributed by atoms with E-state index in [1.165, 1.54) is 25.1 Å². The zero-order valence-electron chi connectivity index (χ0n) is 12.6. The summed E-state index contributed by atoms with van der Waals surface area (Å²) >= 11 is 0. The van der Waals surface area contributed by atoms with Crippen LogP contribution in [-0.4, -0.2) is 41.4 Å². The van der Waals surface area contributed by atoms with Crippen LogP contribution in [0.1, 0.15) is 44.8 Å². The molecule has 0 saturated carbocycles. The first-order valence-corrected chi connectivity index (χ1v) is 7.72. The van der Waals surface area contributed by atoms with Gasteiger partial charge in [-0.1, -0.05) is 13.8 Å². The lowest BCUT2D eigenvalue weighted by Gasteiger charge is -2.41. The number of piperidine rings is 1. The van der Waals surface area contributed by atoms with Gasteiger partial charge in [-0.2, -0.15) is 5.10 Å². The molecule has 2 atom stereocenters. The Morgan fingerprint density at radius 2 is 2.26 bits per heavy atom. The van der Waals surface area contributed by atoms with E-state index in [4.69, 9.17) is 0 Å². The molecule has 1 fully saturated rings. The Morgan fingerprint density at radius 3 is 2.95 bits per heavy atom. The number of hydrogen-bond acceptors (Lipinski definition) is 3. The average molecular weight is 264 g/mol. The Morgan fingerprint density at radius 1 is 1.42 bits per heavy atom. The number of aromatic nitrogens is 2. The molecule has 0 bridgehead atoms. The molecule has 2 heterocycles. The lowest BCUT2D eigenvalue weighted by Crippen LogP contribution is -2.42. The van der Waals surface area contributed by atoms with Crippen molar-refractivity contribution in [2.45, 2.75) is 45.7 Å². The van der Waals surface area contributed by atoms with E-state index in [-0.39, 0.29) is 0 Å². The van der Waals surface area contributed by atoms with E-state index in [1.54, 1.807) is 0 Å². The van der Waals surface area contributed by atoms with Gasteiger partial charge < -0.3 is 5.32 Å². The van der Waals surface area contributed by atoms with Gasteiger partial charge in [0.25, 0.3) is 0 Å². The molecule has 1 aromatic rings. The van der Waals surface area contributed by atoms with E-state index in [0.717, 1.165) is 26.1 Å². The zero-order chi connectivity index (χ0) is 13.7. The molecule has 1 saturated heterocycles. The first-order valence-electron chi connectivity index (χ1n) is 7.72. The summed E-state index contributed by atoms with van der Waals surface area (Å²) in [4.78, 5) is 2.62. The zero-order valence-corrected chi connectivity index (χ0v) is 12.6. The molecule has 108 valence electrons. The van der Waals surface area contributed by atoms with Gasteiger partial charge in [0, 0.05) is 12.7 Å². The topological polar surface area (TPSA) is 33.1 Å². The Labute approximate surface area is 117 Å². The third-order valence-electron chi connectivity index (χ3n) is 4.22. The molecule has 1 N–H and O–H groups in total. The summed E-state index contributed by atoms with van der Waals surface area (Å²) < 4.78 is 2.21. The summed E-state index contributed by atoms with van der Waals surface area (Å²) in [5, 5.41) is 7.88. The van der Waals surface area contributed by atoms with Gasteiger partial charge in [0.05, 0.1) is 11.7 Å². The molecule has 0 spiro atoms. The van der Waals surface area contributed by atoms with Crippen molar-refractivity contribution in [2.75, 3.05) is 26.7 Å². The number of nitrogens with zero attached hydrogens (tertiary/aromatic N) is 3. The maximum atomic E-state index is 4.51. The van der Waals surface area contributed by atoms with Crippen molar-refractivity contribution in [1.29, 1.82) is 0 Å². The molecule has 0 aromatic carbocycles. The predicted octanol–water partition coefficient (Wildman–Crippen LogP) is 2.29. The monoisotopic (exact) mass is 264 g/mol. The molecule has 4 heteroatoms. The highest BCUT2D eigenvalue weighted by Crippen LogP contribution is 2.35. The third kappa shape index (κ3) is 3.18. The second-order valence-electron chi connectivity index (χ2n) is 5.51. The molecule has 0 aliphatic carbocycles. The molecule has 1 aromatic heterocycles. The highest BCUT2D eigenvalue weighted by atomic mass is 15.3. The standard InChI is InChI=1S/C15H28N4/c1-4-10-19-14(8-9-17-19)15-13(12-16-3)7-6-11-18(15)5-2/h8-9,13,15-16H,4-7,10-12H2,1-3H3. The van der Waals surface area contributed by atoms with E-state index in [9.17, 15) is 0 Å². The fraction of sp³-hybridized carbons (Fsp3) is 0.800. The van der Waals surface area contributed by atoms with Crippen LogP contribution in [0, 0.1) is 5.92 Å². The number of hydrogen-bond donors (Lipinski definition) is 1. The number of nitrogens with one attached hydrogen (secondary N) is 1. The first-order chi connectivity index (χ1) is 9.31. The van der Waals surface area contributed by atoms with E-state index < -0.39 is 0 Å². The van der Waals surface area contributed by atoms with Crippen LogP contribution in [0.2, 0.25) is 0 Å². The smallest absolute Gasteiger partial charge is 0.0559 e. The van der Waals surface area contributed by atoms with Gasteiger partial charge >= 0.3 is 0 Å². The maximum Gasteiger partial charge on any atom is 0.0559 e. The average Bonchev–Trinajstić information content (AvgIpc) is 2.87. The van der Waals surface area contributed by atoms with E-state index in [0.29, 0.717) is 12.0 Å². The van der Waals surface area contributed by atoms with Crippen LogP contribution >= 0.6 is 0 Å². The van der Waals surface area contributed by atoms with Crippen LogP contribution in [0.5, 0.6) is 0 Å². The van der Waals surface area contributed by atoms with Gasteiger partial charge in [-0.15, -0.1) is 0 Å². The molecule has 2 rings (SSSR count). The van der Waals surface area contributed by atoms with E-state index in [2.05, 4.69) is 47.0 Å². The molecule has 1 aliphatic rings. The van der Waals surface area contributed by atoms with Crippen LogP contribution in [0.25, 0.3) is 0 Å². The maximum absolute atomic E-state index is 4.51. The Kier molecular flexibility index (Phi) is 5.40. The minimum atomic E-state index is 0.528.